The van der Waals surface area contributed by atoms with E-state index >= 15 is 0 Å². The minimum atomic E-state index is 0.0633. The van der Waals surface area contributed by atoms with E-state index in [-0.39, 0.29) is 24.7 Å². The average Bonchev–Trinajstić information content (AvgIpc) is 3.73. The summed E-state index contributed by atoms with van der Waals surface area (Å²) in [6, 6.07) is 19.8. The second-order valence-electron chi connectivity index (χ2n) is 14.1. The summed E-state index contributed by atoms with van der Waals surface area (Å²) in [7, 11) is 0. The molecule has 0 saturated carbocycles. The number of hydrogen-bond donors (Lipinski definition) is 0. The summed E-state index contributed by atoms with van der Waals surface area (Å²) in [4.78, 5) is 39.6. The summed E-state index contributed by atoms with van der Waals surface area (Å²) in [5.74, 6) is 1.66. The van der Waals surface area contributed by atoms with Gasteiger partial charge in [0.05, 0.1) is 37.4 Å². The number of aryl methyl sites for hydroxylation is 4. The van der Waals surface area contributed by atoms with E-state index in [2.05, 4.69) is 0 Å². The Bertz CT molecular complexity index is 2140. The zero-order valence-corrected chi connectivity index (χ0v) is 34.1. The predicted molar refractivity (Wildman–Crippen MR) is 219 cm³/mol. The number of rotatable bonds is 17. The van der Waals surface area contributed by atoms with Gasteiger partial charge in [0, 0.05) is 71.2 Å². The van der Waals surface area contributed by atoms with E-state index in [1.165, 1.54) is 0 Å². The lowest BCUT2D eigenvalue weighted by Gasteiger charge is -2.18. The quantitative estimate of drug-likeness (QED) is 0.0884. The normalized spacial score (nSPS) is 11.4. The predicted octanol–water partition coefficient (Wildman–Crippen LogP) is 7.40. The van der Waals surface area contributed by atoms with Gasteiger partial charge in [-0.15, -0.1) is 0 Å². The van der Waals surface area contributed by atoms with Gasteiger partial charge in [0.1, 0.15) is 11.5 Å². The number of carbonyl (C=O) groups is 2. The third-order valence-electron chi connectivity index (χ3n) is 10.2. The molecule has 56 heavy (non-hydrogen) atoms. The van der Waals surface area contributed by atoms with Crippen LogP contribution in [0.3, 0.4) is 0 Å². The highest BCUT2D eigenvalue weighted by Crippen LogP contribution is 2.31. The summed E-state index contributed by atoms with van der Waals surface area (Å²) >= 11 is 0. The van der Waals surface area contributed by atoms with Crippen LogP contribution in [-0.4, -0.2) is 90.2 Å². The van der Waals surface area contributed by atoms with Gasteiger partial charge in [-0.05, 0) is 129 Å². The Balaban J connectivity index is 1.05. The summed E-state index contributed by atoms with van der Waals surface area (Å²) in [6.07, 6.45) is 2.12. The fraction of sp³-hybridized carbons (Fsp3) is 0.409. The first-order valence-corrected chi connectivity index (χ1v) is 19.8. The average molecular weight is 759 g/mol. The van der Waals surface area contributed by atoms with E-state index in [4.69, 9.17) is 29.6 Å². The molecule has 2 amide bonds. The molecule has 0 aliphatic heterocycles. The van der Waals surface area contributed by atoms with Gasteiger partial charge in [-0.25, -0.2) is 19.0 Å². The smallest absolute Gasteiger partial charge is 0.227 e. The van der Waals surface area contributed by atoms with Gasteiger partial charge >= 0.3 is 0 Å². The standard InChI is InChI=1S/C44H54N8O4/c1-9-49(10-2)39(53)27-37-41(47-51-31(7)25-29(5)45-43(37)51)33-15-19-35(20-16-33)55-23-13-14-24-56-36-21-17-34(18-22-36)42-38(28-40(54)50(11-3)12-4)44-46-30(6)26-32(8)52(44)48-42/h15-22,25-26H,9-14,23-24,27-28H2,1-8H3. The Labute approximate surface area is 329 Å². The number of nitrogens with zero attached hydrogens (tertiary/aromatic N) is 8. The highest BCUT2D eigenvalue weighted by molar-refractivity contribution is 5.86. The Kier molecular flexibility index (Phi) is 12.7. The largest absolute Gasteiger partial charge is 0.494 e. The number of benzene rings is 2. The van der Waals surface area contributed by atoms with Crippen molar-refractivity contribution in [1.82, 2.24) is 39.0 Å². The number of fused-ring (bicyclic) bond motifs is 2. The Morgan fingerprint density at radius 3 is 1.27 bits per heavy atom. The number of hydrogen-bond acceptors (Lipinski definition) is 8. The third kappa shape index (κ3) is 8.69. The Hall–Kier alpha value is -5.78. The first kappa shape index (κ1) is 39.9. The van der Waals surface area contributed by atoms with Crippen LogP contribution in [-0.2, 0) is 22.4 Å². The van der Waals surface area contributed by atoms with Crippen LogP contribution in [0.1, 0.15) is 74.4 Å². The number of carbonyl (C=O) groups excluding carboxylic acids is 2. The van der Waals surface area contributed by atoms with Crippen molar-refractivity contribution in [2.45, 2.75) is 81.1 Å². The molecule has 0 aliphatic rings. The van der Waals surface area contributed by atoms with E-state index in [9.17, 15) is 9.59 Å². The molecule has 0 bridgehead atoms. The molecule has 0 fully saturated rings. The first-order valence-electron chi connectivity index (χ1n) is 19.8. The summed E-state index contributed by atoms with van der Waals surface area (Å²) in [5, 5.41) is 9.81. The highest BCUT2D eigenvalue weighted by atomic mass is 16.5. The Morgan fingerprint density at radius 2 is 0.929 bits per heavy atom. The van der Waals surface area contributed by atoms with Gasteiger partial charge in [0.25, 0.3) is 0 Å². The molecule has 6 rings (SSSR count). The fourth-order valence-corrected chi connectivity index (χ4v) is 7.20. The second-order valence-corrected chi connectivity index (χ2v) is 14.1. The molecule has 2 aromatic carbocycles. The lowest BCUT2D eigenvalue weighted by Crippen LogP contribution is -2.31. The van der Waals surface area contributed by atoms with Crippen LogP contribution in [0.2, 0.25) is 0 Å². The zero-order chi connectivity index (χ0) is 39.9. The molecule has 0 spiro atoms. The molecule has 12 heteroatoms. The van der Waals surface area contributed by atoms with Crippen molar-refractivity contribution in [3.63, 3.8) is 0 Å². The van der Waals surface area contributed by atoms with E-state index in [0.717, 1.165) is 92.1 Å². The van der Waals surface area contributed by atoms with Crippen LogP contribution in [0.5, 0.6) is 11.5 Å². The van der Waals surface area contributed by atoms with E-state index in [0.29, 0.717) is 39.4 Å². The van der Waals surface area contributed by atoms with Crippen molar-refractivity contribution in [2.24, 2.45) is 0 Å². The van der Waals surface area contributed by atoms with Gasteiger partial charge in [0.15, 0.2) is 11.3 Å². The number of likely N-dealkylation sites (N-methyl/N-ethyl adjacent to an activating group) is 2. The van der Waals surface area contributed by atoms with Crippen molar-refractivity contribution in [1.29, 1.82) is 0 Å². The lowest BCUT2D eigenvalue weighted by molar-refractivity contribution is -0.130. The number of unbranched alkanes of at least 4 members (excludes halogenated alkanes) is 1. The van der Waals surface area contributed by atoms with Gasteiger partial charge in [-0.3, -0.25) is 9.59 Å². The van der Waals surface area contributed by atoms with Crippen molar-refractivity contribution >= 4 is 23.1 Å². The van der Waals surface area contributed by atoms with E-state index in [1.807, 2.05) is 135 Å². The molecule has 4 heterocycles. The molecule has 4 aromatic heterocycles. The highest BCUT2D eigenvalue weighted by Gasteiger charge is 2.23. The van der Waals surface area contributed by atoms with Crippen LogP contribution < -0.4 is 9.47 Å². The molecule has 0 N–H and O–H groups in total. The van der Waals surface area contributed by atoms with Crippen molar-refractivity contribution in [3.8, 4) is 34.0 Å². The molecule has 0 atom stereocenters. The minimum Gasteiger partial charge on any atom is -0.494 e. The molecule has 12 nitrogen and oxygen atoms in total. The lowest BCUT2D eigenvalue weighted by atomic mass is 10.0. The maximum Gasteiger partial charge on any atom is 0.227 e. The van der Waals surface area contributed by atoms with Crippen LogP contribution in [0.25, 0.3) is 33.8 Å². The van der Waals surface area contributed by atoms with Crippen LogP contribution in [0.15, 0.2) is 60.7 Å². The van der Waals surface area contributed by atoms with Gasteiger partial charge in [-0.2, -0.15) is 10.2 Å². The van der Waals surface area contributed by atoms with Gasteiger partial charge < -0.3 is 19.3 Å². The summed E-state index contributed by atoms with van der Waals surface area (Å²) in [6.45, 7) is 19.7. The molecule has 0 aliphatic carbocycles. The molecule has 0 radical (unpaired) electrons. The third-order valence-corrected chi connectivity index (χ3v) is 10.2. The zero-order valence-electron chi connectivity index (χ0n) is 34.1. The van der Waals surface area contributed by atoms with Gasteiger partial charge in [0.2, 0.25) is 11.8 Å². The molecule has 0 unspecified atom stereocenters. The number of amides is 2. The van der Waals surface area contributed by atoms with Crippen LogP contribution in [0.4, 0.5) is 0 Å². The number of ether oxygens (including phenoxy) is 2. The molecular formula is C44H54N8O4. The summed E-state index contributed by atoms with van der Waals surface area (Å²) < 4.78 is 15.8. The molecule has 294 valence electrons. The molecule has 6 aromatic rings. The second kappa shape index (κ2) is 17.8. The fourth-order valence-electron chi connectivity index (χ4n) is 7.20. The molecule has 0 saturated heterocycles. The van der Waals surface area contributed by atoms with E-state index in [1.54, 1.807) is 0 Å². The Morgan fingerprint density at radius 1 is 0.571 bits per heavy atom. The van der Waals surface area contributed by atoms with E-state index < -0.39 is 0 Å². The summed E-state index contributed by atoms with van der Waals surface area (Å²) in [5.41, 5.74) is 10.2. The number of aromatic nitrogens is 6. The van der Waals surface area contributed by atoms with Crippen molar-refractivity contribution in [3.05, 3.63) is 94.6 Å². The van der Waals surface area contributed by atoms with Crippen LogP contribution >= 0.6 is 0 Å². The topological polar surface area (TPSA) is 119 Å². The van der Waals surface area contributed by atoms with Gasteiger partial charge in [-0.1, -0.05) is 0 Å². The maximum atomic E-state index is 13.2. The first-order chi connectivity index (χ1) is 27.0. The van der Waals surface area contributed by atoms with Crippen LogP contribution in [0, 0.1) is 27.7 Å². The monoisotopic (exact) mass is 758 g/mol. The SMILES string of the molecule is CCN(CC)C(=O)Cc1c(-c2ccc(OCCCCOc3ccc(-c4nn5c(C)cc(C)nc5c4CC(=O)N(CC)CC)cc3)cc2)nn2c(C)cc(C)nc12. The van der Waals surface area contributed by atoms with Crippen molar-refractivity contribution in [2.75, 3.05) is 39.4 Å². The molecular weight excluding hydrogens is 705 g/mol. The minimum absolute atomic E-state index is 0.0633. The maximum absolute atomic E-state index is 13.2. The van der Waals surface area contributed by atoms with Crippen molar-refractivity contribution < 1.29 is 19.1 Å².